The van der Waals surface area contributed by atoms with Crippen LogP contribution in [0.15, 0.2) is 30.5 Å². The maximum Gasteiger partial charge on any atom is 0.256 e. The standard InChI is InChI=1S/C12H14N2O2/c13-6-5-9-7-14(12(16)8-15)11-4-2-1-3-10(9)11/h1-4,7,15H,5-6,8,13H2. The van der Waals surface area contributed by atoms with Crippen molar-refractivity contribution in [3.63, 3.8) is 0 Å². The van der Waals surface area contributed by atoms with Gasteiger partial charge in [-0.1, -0.05) is 18.2 Å². The predicted molar refractivity (Wildman–Crippen MR) is 62.4 cm³/mol. The Hall–Kier alpha value is -1.65. The molecule has 2 rings (SSSR count). The molecule has 0 aliphatic heterocycles. The van der Waals surface area contributed by atoms with Crippen molar-refractivity contribution in [3.8, 4) is 0 Å². The van der Waals surface area contributed by atoms with E-state index in [1.807, 2.05) is 24.3 Å². The Labute approximate surface area is 93.3 Å². The summed E-state index contributed by atoms with van der Waals surface area (Å²) in [4.78, 5) is 11.5. The largest absolute Gasteiger partial charge is 0.387 e. The van der Waals surface area contributed by atoms with E-state index in [0.717, 1.165) is 22.9 Å². The maximum atomic E-state index is 11.5. The number of aliphatic hydroxyl groups excluding tert-OH is 1. The number of carbonyl (C=O) groups is 1. The van der Waals surface area contributed by atoms with Crippen LogP contribution in [-0.4, -0.2) is 28.7 Å². The van der Waals surface area contributed by atoms with Gasteiger partial charge >= 0.3 is 0 Å². The van der Waals surface area contributed by atoms with Crippen molar-refractivity contribution < 1.29 is 9.90 Å². The van der Waals surface area contributed by atoms with E-state index < -0.39 is 6.61 Å². The first kappa shape index (κ1) is 10.9. The fourth-order valence-corrected chi connectivity index (χ4v) is 1.89. The molecule has 1 aromatic carbocycles. The Morgan fingerprint density at radius 1 is 1.38 bits per heavy atom. The second-order valence-electron chi connectivity index (χ2n) is 3.63. The van der Waals surface area contributed by atoms with Gasteiger partial charge in [0.15, 0.2) is 0 Å². The zero-order chi connectivity index (χ0) is 11.5. The number of carbonyl (C=O) groups excluding carboxylic acids is 1. The van der Waals surface area contributed by atoms with Crippen LogP contribution in [0.2, 0.25) is 0 Å². The molecule has 4 heteroatoms. The fraction of sp³-hybridized carbons (Fsp3) is 0.250. The van der Waals surface area contributed by atoms with Crippen LogP contribution >= 0.6 is 0 Å². The molecule has 0 fully saturated rings. The van der Waals surface area contributed by atoms with Crippen LogP contribution in [0.4, 0.5) is 0 Å². The summed E-state index contributed by atoms with van der Waals surface area (Å²) in [5.74, 6) is -0.320. The molecule has 0 amide bonds. The number of nitrogens with zero attached hydrogens (tertiary/aromatic N) is 1. The predicted octanol–water partition coefficient (Wildman–Crippen LogP) is 0.775. The summed E-state index contributed by atoms with van der Waals surface area (Å²) in [6, 6.07) is 7.62. The smallest absolute Gasteiger partial charge is 0.256 e. The van der Waals surface area contributed by atoms with Crippen molar-refractivity contribution in [2.45, 2.75) is 6.42 Å². The van der Waals surface area contributed by atoms with Crippen molar-refractivity contribution in [3.05, 3.63) is 36.0 Å². The maximum absolute atomic E-state index is 11.5. The number of fused-ring (bicyclic) bond motifs is 1. The lowest BCUT2D eigenvalue weighted by atomic mass is 10.1. The van der Waals surface area contributed by atoms with Crippen LogP contribution < -0.4 is 5.73 Å². The molecule has 0 bridgehead atoms. The summed E-state index contributed by atoms with van der Waals surface area (Å²) in [6.07, 6.45) is 2.49. The highest BCUT2D eigenvalue weighted by Crippen LogP contribution is 2.21. The first-order valence-electron chi connectivity index (χ1n) is 5.21. The van der Waals surface area contributed by atoms with Gasteiger partial charge in [-0.3, -0.25) is 9.36 Å². The Morgan fingerprint density at radius 2 is 2.12 bits per heavy atom. The lowest BCUT2D eigenvalue weighted by Gasteiger charge is -1.99. The van der Waals surface area contributed by atoms with Crippen molar-refractivity contribution in [2.24, 2.45) is 5.73 Å². The summed E-state index contributed by atoms with van der Waals surface area (Å²) >= 11 is 0. The molecule has 0 aliphatic carbocycles. The van der Waals surface area contributed by atoms with Crippen molar-refractivity contribution in [2.75, 3.05) is 13.2 Å². The van der Waals surface area contributed by atoms with Crippen LogP contribution in [0.5, 0.6) is 0 Å². The third-order valence-electron chi connectivity index (χ3n) is 2.61. The highest BCUT2D eigenvalue weighted by atomic mass is 16.3. The zero-order valence-corrected chi connectivity index (χ0v) is 8.89. The lowest BCUT2D eigenvalue weighted by Crippen LogP contribution is -2.13. The molecule has 0 saturated heterocycles. The molecule has 3 N–H and O–H groups in total. The summed E-state index contributed by atoms with van der Waals surface area (Å²) < 4.78 is 1.49. The van der Waals surface area contributed by atoms with E-state index >= 15 is 0 Å². The summed E-state index contributed by atoms with van der Waals surface area (Å²) in [6.45, 7) is 0.0576. The number of hydrogen-bond donors (Lipinski definition) is 2. The second-order valence-corrected chi connectivity index (χ2v) is 3.63. The minimum absolute atomic E-state index is 0.320. The average molecular weight is 218 g/mol. The third kappa shape index (κ3) is 1.73. The molecular weight excluding hydrogens is 204 g/mol. The second kappa shape index (κ2) is 4.47. The number of rotatable bonds is 3. The molecule has 0 saturated carbocycles. The number of aliphatic hydroxyl groups is 1. The number of hydrogen-bond acceptors (Lipinski definition) is 3. The number of aromatic nitrogens is 1. The number of nitrogens with two attached hydrogens (primary N) is 1. The molecule has 84 valence electrons. The van der Waals surface area contributed by atoms with Gasteiger partial charge in [-0.15, -0.1) is 0 Å². The van der Waals surface area contributed by atoms with Crippen LogP contribution in [-0.2, 0) is 6.42 Å². The Kier molecular flexibility index (Phi) is 3.03. The van der Waals surface area contributed by atoms with Gasteiger partial charge in [-0.05, 0) is 24.6 Å². The topological polar surface area (TPSA) is 68.2 Å². The third-order valence-corrected chi connectivity index (χ3v) is 2.61. The summed E-state index contributed by atoms with van der Waals surface area (Å²) in [7, 11) is 0. The van der Waals surface area contributed by atoms with E-state index in [2.05, 4.69) is 0 Å². The molecular formula is C12H14N2O2. The number of para-hydroxylation sites is 1. The van der Waals surface area contributed by atoms with E-state index in [1.165, 1.54) is 4.57 Å². The molecule has 1 aromatic heterocycles. The minimum atomic E-state index is -0.485. The van der Waals surface area contributed by atoms with E-state index in [4.69, 9.17) is 10.8 Å². The highest BCUT2D eigenvalue weighted by Gasteiger charge is 2.11. The van der Waals surface area contributed by atoms with E-state index in [9.17, 15) is 4.79 Å². The zero-order valence-electron chi connectivity index (χ0n) is 8.89. The molecule has 1 heterocycles. The van der Waals surface area contributed by atoms with Gasteiger partial charge in [-0.2, -0.15) is 0 Å². The van der Waals surface area contributed by atoms with Crippen LogP contribution in [0.3, 0.4) is 0 Å². The van der Waals surface area contributed by atoms with E-state index in [-0.39, 0.29) is 5.91 Å². The van der Waals surface area contributed by atoms with Crippen LogP contribution in [0, 0.1) is 0 Å². The highest BCUT2D eigenvalue weighted by molar-refractivity contribution is 5.94. The molecule has 2 aromatic rings. The average Bonchev–Trinajstić information content (AvgIpc) is 2.68. The van der Waals surface area contributed by atoms with Gasteiger partial charge in [0, 0.05) is 11.6 Å². The number of benzene rings is 1. The first-order valence-corrected chi connectivity index (χ1v) is 5.21. The van der Waals surface area contributed by atoms with E-state index in [0.29, 0.717) is 6.54 Å². The summed E-state index contributed by atoms with van der Waals surface area (Å²) in [5.41, 5.74) is 7.39. The molecule has 0 radical (unpaired) electrons. The quantitative estimate of drug-likeness (QED) is 0.799. The molecule has 0 unspecified atom stereocenters. The molecule has 0 aliphatic rings. The minimum Gasteiger partial charge on any atom is -0.387 e. The molecule has 0 spiro atoms. The first-order chi connectivity index (χ1) is 7.77. The summed E-state index contributed by atoms with van der Waals surface area (Å²) in [5, 5.41) is 9.91. The Balaban J connectivity index is 2.61. The fourth-order valence-electron chi connectivity index (χ4n) is 1.89. The van der Waals surface area contributed by atoms with Crippen LogP contribution in [0.1, 0.15) is 10.4 Å². The van der Waals surface area contributed by atoms with Crippen molar-refractivity contribution in [1.82, 2.24) is 4.57 Å². The monoisotopic (exact) mass is 218 g/mol. The molecule has 4 nitrogen and oxygen atoms in total. The molecule has 16 heavy (non-hydrogen) atoms. The van der Waals surface area contributed by atoms with Gasteiger partial charge in [0.25, 0.3) is 5.91 Å². The van der Waals surface area contributed by atoms with Gasteiger partial charge < -0.3 is 10.8 Å². The van der Waals surface area contributed by atoms with Crippen molar-refractivity contribution >= 4 is 16.8 Å². The normalized spacial score (nSPS) is 10.9. The van der Waals surface area contributed by atoms with Crippen LogP contribution in [0.25, 0.3) is 10.9 Å². The van der Waals surface area contributed by atoms with Gasteiger partial charge in [0.2, 0.25) is 0 Å². The Bertz CT molecular complexity index is 517. The van der Waals surface area contributed by atoms with Crippen molar-refractivity contribution in [1.29, 1.82) is 0 Å². The lowest BCUT2D eigenvalue weighted by molar-refractivity contribution is 0.0824. The molecule has 0 atom stereocenters. The van der Waals surface area contributed by atoms with E-state index in [1.54, 1.807) is 6.20 Å². The van der Waals surface area contributed by atoms with Gasteiger partial charge in [0.1, 0.15) is 6.61 Å². The van der Waals surface area contributed by atoms with Gasteiger partial charge in [0.05, 0.1) is 5.52 Å². The Morgan fingerprint density at radius 3 is 2.81 bits per heavy atom. The SMILES string of the molecule is NCCc1cn(C(=O)CO)c2ccccc12. The van der Waals surface area contributed by atoms with Gasteiger partial charge in [-0.25, -0.2) is 0 Å².